The summed E-state index contributed by atoms with van der Waals surface area (Å²) >= 11 is 7.14. The molecule has 0 aliphatic heterocycles. The van der Waals surface area contributed by atoms with Gasteiger partial charge in [0.25, 0.3) is 0 Å². The fourth-order valence-corrected chi connectivity index (χ4v) is 1.73. The molecule has 3 heteroatoms. The molecule has 56 valence electrons. The Morgan fingerprint density at radius 2 is 2.20 bits per heavy atom. The van der Waals surface area contributed by atoms with Crippen molar-refractivity contribution in [2.75, 3.05) is 0 Å². The summed E-state index contributed by atoms with van der Waals surface area (Å²) in [6, 6.07) is 1.78. The van der Waals surface area contributed by atoms with Gasteiger partial charge < -0.3 is 5.11 Å². The maximum Gasteiger partial charge on any atom is 0.0932 e. The maximum atomic E-state index is 9.45. The number of hydrogen-bond acceptors (Lipinski definition) is 2. The van der Waals surface area contributed by atoms with Gasteiger partial charge in [-0.1, -0.05) is 11.6 Å². The van der Waals surface area contributed by atoms with Crippen molar-refractivity contribution in [1.82, 2.24) is 0 Å². The Labute approximate surface area is 69.3 Å². The van der Waals surface area contributed by atoms with E-state index < -0.39 is 5.60 Å². The average Bonchev–Trinajstić information content (AvgIpc) is 2.11. The van der Waals surface area contributed by atoms with Crippen molar-refractivity contribution in [1.29, 1.82) is 0 Å². The van der Waals surface area contributed by atoms with E-state index >= 15 is 0 Å². The average molecular weight is 177 g/mol. The lowest BCUT2D eigenvalue weighted by atomic mass is 10.1. The molecule has 0 fully saturated rings. The van der Waals surface area contributed by atoms with Crippen molar-refractivity contribution in [3.63, 3.8) is 0 Å². The summed E-state index contributed by atoms with van der Waals surface area (Å²) in [5.74, 6) is 0. The summed E-state index contributed by atoms with van der Waals surface area (Å²) in [5, 5.41) is 12.0. The van der Waals surface area contributed by atoms with Crippen LogP contribution in [-0.2, 0) is 5.60 Å². The molecule has 0 amide bonds. The summed E-state index contributed by atoms with van der Waals surface area (Å²) in [5.41, 5.74) is -0.752. The Balaban J connectivity index is 2.96. The predicted octanol–water partition coefficient (Wildman–Crippen LogP) is 2.63. The molecule has 1 aromatic heterocycles. The molecule has 0 unspecified atom stereocenters. The summed E-state index contributed by atoms with van der Waals surface area (Å²) < 4.78 is 0. The van der Waals surface area contributed by atoms with E-state index in [9.17, 15) is 5.11 Å². The monoisotopic (exact) mass is 176 g/mol. The van der Waals surface area contributed by atoms with Crippen molar-refractivity contribution in [3.05, 3.63) is 21.3 Å². The van der Waals surface area contributed by atoms with Gasteiger partial charge in [-0.3, -0.25) is 0 Å². The van der Waals surface area contributed by atoms with Gasteiger partial charge in [-0.05, 0) is 19.9 Å². The van der Waals surface area contributed by atoms with E-state index in [2.05, 4.69) is 0 Å². The lowest BCUT2D eigenvalue weighted by molar-refractivity contribution is 0.0826. The third kappa shape index (κ3) is 1.72. The summed E-state index contributed by atoms with van der Waals surface area (Å²) in [6.45, 7) is 3.49. The molecule has 0 atom stereocenters. The van der Waals surface area contributed by atoms with Gasteiger partial charge in [0.1, 0.15) is 0 Å². The van der Waals surface area contributed by atoms with E-state index in [-0.39, 0.29) is 0 Å². The third-order valence-corrected chi connectivity index (χ3v) is 2.76. The van der Waals surface area contributed by atoms with E-state index in [0.717, 1.165) is 4.88 Å². The van der Waals surface area contributed by atoms with Crippen molar-refractivity contribution >= 4 is 22.9 Å². The minimum absolute atomic E-state index is 0.696. The first kappa shape index (κ1) is 8.05. The zero-order chi connectivity index (χ0) is 7.78. The lowest BCUT2D eigenvalue weighted by Crippen LogP contribution is -2.12. The first-order chi connectivity index (χ1) is 4.50. The Morgan fingerprint density at radius 1 is 1.60 bits per heavy atom. The molecule has 0 radical (unpaired) electrons. The largest absolute Gasteiger partial charge is 0.385 e. The molecular weight excluding hydrogens is 168 g/mol. The number of halogens is 1. The number of thiophene rings is 1. The second-order valence-electron chi connectivity index (χ2n) is 2.69. The molecule has 1 aromatic rings. The van der Waals surface area contributed by atoms with Crippen molar-refractivity contribution < 1.29 is 5.11 Å². The van der Waals surface area contributed by atoms with Gasteiger partial charge in [-0.15, -0.1) is 11.3 Å². The molecule has 10 heavy (non-hydrogen) atoms. The highest BCUT2D eigenvalue weighted by molar-refractivity contribution is 7.10. The minimum atomic E-state index is -0.752. The van der Waals surface area contributed by atoms with Crippen LogP contribution in [0.2, 0.25) is 5.02 Å². The summed E-state index contributed by atoms with van der Waals surface area (Å²) in [4.78, 5) is 0.900. The quantitative estimate of drug-likeness (QED) is 0.698. The van der Waals surface area contributed by atoms with Gasteiger partial charge in [-0.2, -0.15) is 0 Å². The first-order valence-electron chi connectivity index (χ1n) is 2.97. The molecular formula is C7H9ClOS. The Hall–Kier alpha value is -0.0500. The van der Waals surface area contributed by atoms with Crippen LogP contribution < -0.4 is 0 Å². The fraction of sp³-hybridized carbons (Fsp3) is 0.429. The van der Waals surface area contributed by atoms with E-state index in [1.54, 1.807) is 19.9 Å². The molecule has 0 spiro atoms. The molecule has 1 heterocycles. The minimum Gasteiger partial charge on any atom is -0.385 e. The smallest absolute Gasteiger partial charge is 0.0932 e. The normalized spacial score (nSPS) is 12.0. The van der Waals surface area contributed by atoms with Crippen LogP contribution in [-0.4, -0.2) is 5.11 Å². The van der Waals surface area contributed by atoms with Crippen LogP contribution in [0.3, 0.4) is 0 Å². The molecule has 1 N–H and O–H groups in total. The molecule has 0 bridgehead atoms. The van der Waals surface area contributed by atoms with Gasteiger partial charge >= 0.3 is 0 Å². The van der Waals surface area contributed by atoms with Gasteiger partial charge in [0.15, 0.2) is 0 Å². The molecule has 0 aliphatic carbocycles. The highest BCUT2D eigenvalue weighted by Crippen LogP contribution is 2.28. The molecule has 1 nitrogen and oxygen atoms in total. The van der Waals surface area contributed by atoms with Crippen molar-refractivity contribution in [2.24, 2.45) is 0 Å². The highest BCUT2D eigenvalue weighted by Gasteiger charge is 2.17. The molecule has 0 aliphatic rings. The van der Waals surface area contributed by atoms with Crippen LogP contribution in [0.4, 0.5) is 0 Å². The Kier molecular flexibility index (Phi) is 2.04. The van der Waals surface area contributed by atoms with Gasteiger partial charge in [0.05, 0.1) is 10.6 Å². The topological polar surface area (TPSA) is 20.2 Å². The molecule has 0 aromatic carbocycles. The maximum absolute atomic E-state index is 9.45. The zero-order valence-electron chi connectivity index (χ0n) is 5.89. The second-order valence-corrected chi connectivity index (χ2v) is 4.04. The SMILES string of the molecule is CC(C)(O)c1cc(Cl)cs1. The third-order valence-electron chi connectivity index (χ3n) is 1.17. The lowest BCUT2D eigenvalue weighted by Gasteiger charge is -2.13. The van der Waals surface area contributed by atoms with E-state index in [1.165, 1.54) is 11.3 Å². The van der Waals surface area contributed by atoms with Crippen molar-refractivity contribution in [2.45, 2.75) is 19.4 Å². The molecule has 1 rings (SSSR count). The van der Waals surface area contributed by atoms with Gasteiger partial charge in [0, 0.05) is 10.3 Å². The Morgan fingerprint density at radius 3 is 2.40 bits per heavy atom. The van der Waals surface area contributed by atoms with Crippen molar-refractivity contribution in [3.8, 4) is 0 Å². The van der Waals surface area contributed by atoms with Crippen LogP contribution in [0, 0.1) is 0 Å². The molecule has 0 saturated heterocycles. The number of hydrogen-bond donors (Lipinski definition) is 1. The Bertz CT molecular complexity index is 224. The summed E-state index contributed by atoms with van der Waals surface area (Å²) in [6.07, 6.45) is 0. The van der Waals surface area contributed by atoms with Crippen LogP contribution in [0.5, 0.6) is 0 Å². The van der Waals surface area contributed by atoms with E-state index in [1.807, 2.05) is 5.38 Å². The predicted molar refractivity (Wildman–Crippen MR) is 44.6 cm³/mol. The van der Waals surface area contributed by atoms with Crippen LogP contribution in [0.25, 0.3) is 0 Å². The number of aliphatic hydroxyl groups is 1. The van der Waals surface area contributed by atoms with Gasteiger partial charge in [0.2, 0.25) is 0 Å². The van der Waals surface area contributed by atoms with Gasteiger partial charge in [-0.25, -0.2) is 0 Å². The van der Waals surface area contributed by atoms with Crippen LogP contribution >= 0.6 is 22.9 Å². The van der Waals surface area contributed by atoms with Crippen LogP contribution in [0.15, 0.2) is 11.4 Å². The first-order valence-corrected chi connectivity index (χ1v) is 4.23. The van der Waals surface area contributed by atoms with Crippen LogP contribution in [0.1, 0.15) is 18.7 Å². The molecule has 0 saturated carbocycles. The fourth-order valence-electron chi connectivity index (χ4n) is 0.634. The standard InChI is InChI=1S/C7H9ClOS/c1-7(2,9)6-3-5(8)4-10-6/h3-4,9H,1-2H3. The van der Waals surface area contributed by atoms with E-state index in [4.69, 9.17) is 11.6 Å². The van der Waals surface area contributed by atoms with E-state index in [0.29, 0.717) is 5.02 Å². The zero-order valence-corrected chi connectivity index (χ0v) is 7.46. The highest BCUT2D eigenvalue weighted by atomic mass is 35.5. The number of rotatable bonds is 1. The second kappa shape index (κ2) is 2.53. The summed E-state index contributed by atoms with van der Waals surface area (Å²) in [7, 11) is 0.